The van der Waals surface area contributed by atoms with Crippen LogP contribution < -0.4 is 0 Å². The van der Waals surface area contributed by atoms with Gasteiger partial charge >= 0.3 is 0 Å². The minimum atomic E-state index is -0.179. The van der Waals surface area contributed by atoms with Crippen molar-refractivity contribution < 1.29 is 5.11 Å². The highest BCUT2D eigenvalue weighted by molar-refractivity contribution is 4.98. The average Bonchev–Trinajstić information content (AvgIpc) is 2.75. The third kappa shape index (κ3) is 2.13. The SMILES string of the molecule is CC(O)C1CCN(Cc2ccn[nH]2)C1. The van der Waals surface area contributed by atoms with Crippen LogP contribution in [-0.2, 0) is 6.54 Å². The molecule has 78 valence electrons. The zero-order valence-electron chi connectivity index (χ0n) is 8.48. The van der Waals surface area contributed by atoms with Gasteiger partial charge in [-0.15, -0.1) is 0 Å². The molecule has 1 fully saturated rings. The molecule has 0 bridgehead atoms. The van der Waals surface area contributed by atoms with Crippen molar-refractivity contribution in [1.82, 2.24) is 15.1 Å². The van der Waals surface area contributed by atoms with E-state index >= 15 is 0 Å². The molecule has 4 nitrogen and oxygen atoms in total. The van der Waals surface area contributed by atoms with Crippen molar-refractivity contribution in [3.63, 3.8) is 0 Å². The lowest BCUT2D eigenvalue weighted by molar-refractivity contribution is 0.127. The monoisotopic (exact) mass is 195 g/mol. The first-order chi connectivity index (χ1) is 6.75. The molecule has 1 aromatic rings. The first kappa shape index (κ1) is 9.68. The van der Waals surface area contributed by atoms with Crippen molar-refractivity contribution in [2.45, 2.75) is 26.0 Å². The zero-order valence-corrected chi connectivity index (χ0v) is 8.48. The molecule has 0 spiro atoms. The quantitative estimate of drug-likeness (QED) is 0.743. The summed E-state index contributed by atoms with van der Waals surface area (Å²) in [5, 5.41) is 16.3. The molecule has 1 aliphatic heterocycles. The van der Waals surface area contributed by atoms with Gasteiger partial charge in [0.1, 0.15) is 0 Å². The summed E-state index contributed by atoms with van der Waals surface area (Å²) < 4.78 is 0. The van der Waals surface area contributed by atoms with Crippen LogP contribution in [0.5, 0.6) is 0 Å². The number of hydrogen-bond acceptors (Lipinski definition) is 3. The third-order valence-corrected chi connectivity index (χ3v) is 2.94. The molecule has 14 heavy (non-hydrogen) atoms. The molecule has 1 saturated heterocycles. The number of nitrogens with one attached hydrogen (secondary N) is 1. The molecule has 2 unspecified atom stereocenters. The molecular weight excluding hydrogens is 178 g/mol. The highest BCUT2D eigenvalue weighted by atomic mass is 16.3. The molecule has 2 atom stereocenters. The summed E-state index contributed by atoms with van der Waals surface area (Å²) in [5.74, 6) is 0.443. The van der Waals surface area contributed by atoms with Crippen molar-refractivity contribution in [3.05, 3.63) is 18.0 Å². The van der Waals surface area contributed by atoms with Gasteiger partial charge in [-0.1, -0.05) is 0 Å². The minimum Gasteiger partial charge on any atom is -0.393 e. The van der Waals surface area contributed by atoms with Gasteiger partial charge in [0, 0.05) is 25.0 Å². The molecule has 0 aliphatic carbocycles. The lowest BCUT2D eigenvalue weighted by atomic mass is 10.0. The summed E-state index contributed by atoms with van der Waals surface area (Å²) in [6, 6.07) is 2.00. The number of likely N-dealkylation sites (tertiary alicyclic amines) is 1. The van der Waals surface area contributed by atoms with Crippen LogP contribution in [-0.4, -0.2) is 39.4 Å². The second-order valence-electron chi connectivity index (χ2n) is 4.11. The van der Waals surface area contributed by atoms with Crippen LogP contribution in [0.2, 0.25) is 0 Å². The Labute approximate surface area is 83.9 Å². The number of aliphatic hydroxyl groups excluding tert-OH is 1. The van der Waals surface area contributed by atoms with Crippen LogP contribution in [0.25, 0.3) is 0 Å². The van der Waals surface area contributed by atoms with E-state index in [1.165, 1.54) is 0 Å². The van der Waals surface area contributed by atoms with Crippen LogP contribution >= 0.6 is 0 Å². The van der Waals surface area contributed by atoms with Crippen LogP contribution in [0, 0.1) is 5.92 Å². The van der Waals surface area contributed by atoms with E-state index < -0.39 is 0 Å². The zero-order chi connectivity index (χ0) is 9.97. The van der Waals surface area contributed by atoms with Gasteiger partial charge in [0.05, 0.1) is 6.10 Å². The fourth-order valence-electron chi connectivity index (χ4n) is 2.01. The molecule has 0 radical (unpaired) electrons. The number of nitrogens with zero attached hydrogens (tertiary/aromatic N) is 2. The lowest BCUT2D eigenvalue weighted by Crippen LogP contribution is -2.24. The second kappa shape index (κ2) is 4.11. The third-order valence-electron chi connectivity index (χ3n) is 2.94. The van der Waals surface area contributed by atoms with Gasteiger partial charge < -0.3 is 5.11 Å². The van der Waals surface area contributed by atoms with Crippen LogP contribution in [0.15, 0.2) is 12.3 Å². The smallest absolute Gasteiger partial charge is 0.0552 e. The van der Waals surface area contributed by atoms with Gasteiger partial charge in [0.2, 0.25) is 0 Å². The topological polar surface area (TPSA) is 52.1 Å². The lowest BCUT2D eigenvalue weighted by Gasteiger charge is -2.16. The summed E-state index contributed by atoms with van der Waals surface area (Å²) >= 11 is 0. The van der Waals surface area contributed by atoms with E-state index in [2.05, 4.69) is 15.1 Å². The Hall–Kier alpha value is -0.870. The van der Waals surface area contributed by atoms with E-state index in [1.807, 2.05) is 13.0 Å². The first-order valence-electron chi connectivity index (χ1n) is 5.14. The van der Waals surface area contributed by atoms with Crippen LogP contribution in [0.3, 0.4) is 0 Å². The van der Waals surface area contributed by atoms with Gasteiger partial charge in [0.15, 0.2) is 0 Å². The van der Waals surface area contributed by atoms with Crippen LogP contribution in [0.1, 0.15) is 19.0 Å². The number of aliphatic hydroxyl groups is 1. The maximum Gasteiger partial charge on any atom is 0.0552 e. The van der Waals surface area contributed by atoms with E-state index in [0.717, 1.165) is 31.7 Å². The summed E-state index contributed by atoms with van der Waals surface area (Å²) in [6.07, 6.45) is 2.70. The molecule has 0 saturated carbocycles. The standard InChI is InChI=1S/C10H17N3O/c1-8(14)9-3-5-13(6-9)7-10-2-4-11-12-10/h2,4,8-9,14H,3,5-7H2,1H3,(H,11,12). The van der Waals surface area contributed by atoms with E-state index in [4.69, 9.17) is 0 Å². The minimum absolute atomic E-state index is 0.179. The second-order valence-corrected chi connectivity index (χ2v) is 4.11. The number of H-pyrrole nitrogens is 1. The fourth-order valence-corrected chi connectivity index (χ4v) is 2.01. The Morgan fingerprint density at radius 1 is 1.79 bits per heavy atom. The average molecular weight is 195 g/mol. The van der Waals surface area contributed by atoms with E-state index in [1.54, 1.807) is 6.20 Å². The fraction of sp³-hybridized carbons (Fsp3) is 0.700. The Kier molecular flexibility index (Phi) is 2.84. The van der Waals surface area contributed by atoms with Gasteiger partial charge in [-0.05, 0) is 31.9 Å². The van der Waals surface area contributed by atoms with Gasteiger partial charge in [-0.3, -0.25) is 10.00 Å². The first-order valence-corrected chi connectivity index (χ1v) is 5.14. The van der Waals surface area contributed by atoms with Crippen molar-refractivity contribution in [3.8, 4) is 0 Å². The number of hydrogen-bond donors (Lipinski definition) is 2. The van der Waals surface area contributed by atoms with E-state index in [-0.39, 0.29) is 6.10 Å². The summed E-state index contributed by atoms with van der Waals surface area (Å²) in [5.41, 5.74) is 1.15. The molecule has 1 aliphatic rings. The molecule has 1 aromatic heterocycles. The molecule has 2 rings (SSSR count). The molecule has 2 N–H and O–H groups in total. The van der Waals surface area contributed by atoms with E-state index in [9.17, 15) is 5.11 Å². The maximum atomic E-state index is 9.45. The van der Waals surface area contributed by atoms with Gasteiger partial charge in [0.25, 0.3) is 0 Å². The summed E-state index contributed by atoms with van der Waals surface area (Å²) in [4.78, 5) is 2.35. The molecule has 2 heterocycles. The predicted molar refractivity (Wildman–Crippen MR) is 53.7 cm³/mol. The number of aromatic nitrogens is 2. The normalized spacial score (nSPS) is 25.4. The number of rotatable bonds is 3. The Morgan fingerprint density at radius 3 is 3.21 bits per heavy atom. The molecule has 0 amide bonds. The summed E-state index contributed by atoms with van der Waals surface area (Å²) in [7, 11) is 0. The van der Waals surface area contributed by atoms with Crippen molar-refractivity contribution >= 4 is 0 Å². The van der Waals surface area contributed by atoms with Crippen molar-refractivity contribution in [2.75, 3.05) is 13.1 Å². The summed E-state index contributed by atoms with van der Waals surface area (Å²) in [6.45, 7) is 4.87. The Balaban J connectivity index is 1.84. The molecular formula is C10H17N3O. The Morgan fingerprint density at radius 2 is 2.64 bits per heavy atom. The predicted octanol–water partition coefficient (Wildman–Crippen LogP) is 0.612. The van der Waals surface area contributed by atoms with Crippen molar-refractivity contribution in [2.24, 2.45) is 5.92 Å². The Bertz CT molecular complexity index is 271. The highest BCUT2D eigenvalue weighted by Gasteiger charge is 2.25. The highest BCUT2D eigenvalue weighted by Crippen LogP contribution is 2.20. The molecule has 4 heteroatoms. The van der Waals surface area contributed by atoms with Gasteiger partial charge in [-0.2, -0.15) is 5.10 Å². The van der Waals surface area contributed by atoms with Crippen molar-refractivity contribution in [1.29, 1.82) is 0 Å². The van der Waals surface area contributed by atoms with Gasteiger partial charge in [-0.25, -0.2) is 0 Å². The maximum absolute atomic E-state index is 9.45. The number of aromatic amines is 1. The largest absolute Gasteiger partial charge is 0.393 e. The molecule has 0 aromatic carbocycles. The van der Waals surface area contributed by atoms with Crippen LogP contribution in [0.4, 0.5) is 0 Å². The van der Waals surface area contributed by atoms with E-state index in [0.29, 0.717) is 5.92 Å².